The van der Waals surface area contributed by atoms with Crippen LogP contribution in [0.25, 0.3) is 0 Å². The number of aromatic nitrogens is 3. The predicted octanol–water partition coefficient (Wildman–Crippen LogP) is 0.312. The molecule has 1 aromatic rings. The van der Waals surface area contributed by atoms with E-state index < -0.39 is 0 Å². The Kier molecular flexibility index (Phi) is 4.71. The lowest BCUT2D eigenvalue weighted by Crippen LogP contribution is -2.28. The van der Waals surface area contributed by atoms with Crippen LogP contribution in [0.4, 0.5) is 0 Å². The minimum atomic E-state index is -0.279. The van der Waals surface area contributed by atoms with E-state index in [9.17, 15) is 5.11 Å². The molecule has 2 N–H and O–H groups in total. The van der Waals surface area contributed by atoms with Gasteiger partial charge in [0, 0.05) is 13.6 Å². The summed E-state index contributed by atoms with van der Waals surface area (Å²) in [5.74, 6) is 1.41. The van der Waals surface area contributed by atoms with Crippen molar-refractivity contribution in [3.8, 4) is 0 Å². The summed E-state index contributed by atoms with van der Waals surface area (Å²) < 4.78 is 1.86. The van der Waals surface area contributed by atoms with Crippen LogP contribution in [0.5, 0.6) is 0 Å². The monoisotopic (exact) mass is 212 g/mol. The van der Waals surface area contributed by atoms with Gasteiger partial charge in [0.05, 0.1) is 12.6 Å². The van der Waals surface area contributed by atoms with Crippen molar-refractivity contribution >= 4 is 0 Å². The molecule has 0 amide bonds. The maximum atomic E-state index is 9.61. The zero-order valence-corrected chi connectivity index (χ0v) is 9.64. The van der Waals surface area contributed by atoms with Gasteiger partial charge in [-0.2, -0.15) is 0 Å². The van der Waals surface area contributed by atoms with Gasteiger partial charge in [0.1, 0.15) is 12.2 Å². The second kappa shape index (κ2) is 5.82. The first-order valence-corrected chi connectivity index (χ1v) is 5.31. The van der Waals surface area contributed by atoms with E-state index in [0.717, 1.165) is 12.2 Å². The van der Waals surface area contributed by atoms with Crippen molar-refractivity contribution in [2.45, 2.75) is 32.9 Å². The van der Waals surface area contributed by atoms with Crippen molar-refractivity contribution < 1.29 is 5.11 Å². The Morgan fingerprint density at radius 3 is 2.80 bits per heavy atom. The van der Waals surface area contributed by atoms with E-state index in [1.54, 1.807) is 6.33 Å². The van der Waals surface area contributed by atoms with Crippen LogP contribution in [0, 0.1) is 5.92 Å². The summed E-state index contributed by atoms with van der Waals surface area (Å²) in [4.78, 5) is 0. The molecule has 0 radical (unpaired) electrons. The summed E-state index contributed by atoms with van der Waals surface area (Å²) in [7, 11) is 1.90. The third-order valence-electron chi connectivity index (χ3n) is 2.21. The molecule has 1 aromatic heterocycles. The van der Waals surface area contributed by atoms with Gasteiger partial charge in [0.25, 0.3) is 0 Å². The number of nitrogens with zero attached hydrogens (tertiary/aromatic N) is 3. The number of rotatable bonds is 6. The molecule has 0 aliphatic heterocycles. The first kappa shape index (κ1) is 12.1. The van der Waals surface area contributed by atoms with Gasteiger partial charge in [0.15, 0.2) is 0 Å². The van der Waals surface area contributed by atoms with Crippen LogP contribution in [-0.2, 0) is 13.6 Å². The van der Waals surface area contributed by atoms with Gasteiger partial charge >= 0.3 is 0 Å². The number of aliphatic hydroxyl groups excluding tert-OH is 1. The number of aliphatic hydroxyl groups is 1. The summed E-state index contributed by atoms with van der Waals surface area (Å²) in [5.41, 5.74) is 0. The van der Waals surface area contributed by atoms with Gasteiger partial charge in [-0.25, -0.2) is 0 Å². The topological polar surface area (TPSA) is 63.0 Å². The van der Waals surface area contributed by atoms with Crippen molar-refractivity contribution in [3.63, 3.8) is 0 Å². The largest absolute Gasteiger partial charge is 0.392 e. The summed E-state index contributed by atoms with van der Waals surface area (Å²) in [6.45, 7) is 5.45. The fourth-order valence-corrected chi connectivity index (χ4v) is 1.45. The van der Waals surface area contributed by atoms with E-state index >= 15 is 0 Å². The molecule has 5 heteroatoms. The van der Waals surface area contributed by atoms with Crippen LogP contribution in [0.15, 0.2) is 6.33 Å². The Balaban J connectivity index is 2.19. The third-order valence-corrected chi connectivity index (χ3v) is 2.21. The number of hydrogen-bond acceptors (Lipinski definition) is 4. The number of aryl methyl sites for hydroxylation is 1. The van der Waals surface area contributed by atoms with Crippen LogP contribution >= 0.6 is 0 Å². The van der Waals surface area contributed by atoms with Crippen LogP contribution in [0.3, 0.4) is 0 Å². The Morgan fingerprint density at radius 1 is 1.53 bits per heavy atom. The Labute approximate surface area is 90.5 Å². The molecule has 0 fully saturated rings. The average molecular weight is 212 g/mol. The standard InChI is InChI=1S/C10H20N4O/c1-8(2)4-9(15)5-11-6-10-13-12-7-14(10)3/h7-9,11,15H,4-6H2,1-3H3. The first-order valence-electron chi connectivity index (χ1n) is 5.31. The molecule has 86 valence electrons. The molecule has 1 heterocycles. The van der Waals surface area contributed by atoms with Gasteiger partial charge in [-0.3, -0.25) is 0 Å². The van der Waals surface area contributed by atoms with Crippen LogP contribution in [0.1, 0.15) is 26.1 Å². The highest BCUT2D eigenvalue weighted by Crippen LogP contribution is 2.03. The van der Waals surface area contributed by atoms with Crippen LogP contribution < -0.4 is 5.32 Å². The van der Waals surface area contributed by atoms with Gasteiger partial charge in [-0.05, 0) is 12.3 Å². The molecular weight excluding hydrogens is 192 g/mol. The Morgan fingerprint density at radius 2 is 2.27 bits per heavy atom. The highest BCUT2D eigenvalue weighted by atomic mass is 16.3. The molecule has 0 spiro atoms. The fourth-order valence-electron chi connectivity index (χ4n) is 1.45. The molecular formula is C10H20N4O. The van der Waals surface area contributed by atoms with Crippen molar-refractivity contribution in [1.29, 1.82) is 0 Å². The summed E-state index contributed by atoms with van der Waals surface area (Å²) in [6, 6.07) is 0. The molecule has 0 saturated carbocycles. The summed E-state index contributed by atoms with van der Waals surface area (Å²) in [5, 5.41) is 20.5. The maximum absolute atomic E-state index is 9.61. The van der Waals surface area contributed by atoms with Crippen molar-refractivity contribution in [2.75, 3.05) is 6.54 Å². The highest BCUT2D eigenvalue weighted by molar-refractivity contribution is 4.83. The molecule has 15 heavy (non-hydrogen) atoms. The molecule has 0 aliphatic rings. The average Bonchev–Trinajstić information content (AvgIpc) is 2.50. The summed E-state index contributed by atoms with van der Waals surface area (Å²) >= 11 is 0. The zero-order chi connectivity index (χ0) is 11.3. The maximum Gasteiger partial charge on any atom is 0.146 e. The lowest BCUT2D eigenvalue weighted by Gasteiger charge is -2.13. The fraction of sp³-hybridized carbons (Fsp3) is 0.800. The Bertz CT molecular complexity index is 285. The molecule has 0 saturated heterocycles. The van der Waals surface area contributed by atoms with Crippen molar-refractivity contribution in [3.05, 3.63) is 12.2 Å². The minimum Gasteiger partial charge on any atom is -0.392 e. The van der Waals surface area contributed by atoms with Crippen molar-refractivity contribution in [2.24, 2.45) is 13.0 Å². The van der Waals surface area contributed by atoms with E-state index in [4.69, 9.17) is 0 Å². The molecule has 0 bridgehead atoms. The van der Waals surface area contributed by atoms with Crippen molar-refractivity contribution in [1.82, 2.24) is 20.1 Å². The normalized spacial score (nSPS) is 13.4. The lowest BCUT2D eigenvalue weighted by molar-refractivity contribution is 0.146. The van der Waals surface area contributed by atoms with Crippen LogP contribution in [-0.4, -0.2) is 32.5 Å². The minimum absolute atomic E-state index is 0.279. The third kappa shape index (κ3) is 4.40. The Hall–Kier alpha value is -0.940. The first-order chi connectivity index (χ1) is 7.09. The van der Waals surface area contributed by atoms with E-state index in [1.165, 1.54) is 0 Å². The lowest BCUT2D eigenvalue weighted by atomic mass is 10.1. The number of nitrogens with one attached hydrogen (secondary N) is 1. The van der Waals surface area contributed by atoms with E-state index in [0.29, 0.717) is 19.0 Å². The van der Waals surface area contributed by atoms with Gasteiger partial charge in [-0.1, -0.05) is 13.8 Å². The van der Waals surface area contributed by atoms with Gasteiger partial charge in [0.2, 0.25) is 0 Å². The predicted molar refractivity (Wildman–Crippen MR) is 58.2 cm³/mol. The zero-order valence-electron chi connectivity index (χ0n) is 9.64. The van der Waals surface area contributed by atoms with Gasteiger partial charge in [-0.15, -0.1) is 10.2 Å². The second-order valence-electron chi connectivity index (χ2n) is 4.27. The summed E-state index contributed by atoms with van der Waals surface area (Å²) in [6.07, 6.45) is 2.21. The molecule has 0 aromatic carbocycles. The molecule has 0 aliphatic carbocycles. The molecule has 1 unspecified atom stereocenters. The molecule has 5 nitrogen and oxygen atoms in total. The SMILES string of the molecule is CC(C)CC(O)CNCc1nncn1C. The molecule has 1 atom stereocenters. The number of hydrogen-bond donors (Lipinski definition) is 2. The van der Waals surface area contributed by atoms with E-state index in [1.807, 2.05) is 11.6 Å². The van der Waals surface area contributed by atoms with Gasteiger partial charge < -0.3 is 15.0 Å². The van der Waals surface area contributed by atoms with Crippen LogP contribution in [0.2, 0.25) is 0 Å². The molecule has 1 rings (SSSR count). The quantitative estimate of drug-likeness (QED) is 0.712. The highest BCUT2D eigenvalue weighted by Gasteiger charge is 2.07. The van der Waals surface area contributed by atoms with E-state index in [2.05, 4.69) is 29.4 Å². The smallest absolute Gasteiger partial charge is 0.146 e. The van der Waals surface area contributed by atoms with E-state index in [-0.39, 0.29) is 6.10 Å². The second-order valence-corrected chi connectivity index (χ2v) is 4.27.